The van der Waals surface area contributed by atoms with Gasteiger partial charge in [-0.2, -0.15) is 13.2 Å². The van der Waals surface area contributed by atoms with E-state index in [4.69, 9.17) is 23.2 Å². The van der Waals surface area contributed by atoms with Crippen molar-refractivity contribution in [2.75, 3.05) is 0 Å². The minimum absolute atomic E-state index is 0.396. The predicted octanol–water partition coefficient (Wildman–Crippen LogP) is 6.16. The molecule has 0 saturated carbocycles. The van der Waals surface area contributed by atoms with E-state index < -0.39 is 11.7 Å². The second-order valence-corrected chi connectivity index (χ2v) is 5.37. The third-order valence-corrected chi connectivity index (χ3v) is 4.01. The summed E-state index contributed by atoms with van der Waals surface area (Å²) in [4.78, 5) is 3.08. The quantitative estimate of drug-likeness (QED) is 0.550. The van der Waals surface area contributed by atoms with Gasteiger partial charge in [0.1, 0.15) is 0 Å². The van der Waals surface area contributed by atoms with Crippen molar-refractivity contribution in [1.29, 1.82) is 0 Å². The van der Waals surface area contributed by atoms with Crippen LogP contribution in [0.3, 0.4) is 0 Å². The Labute approximate surface area is 128 Å². The molecule has 0 aliphatic carbocycles. The summed E-state index contributed by atoms with van der Waals surface area (Å²) in [7, 11) is 0. The van der Waals surface area contributed by atoms with Gasteiger partial charge in [-0.25, -0.2) is 0 Å². The van der Waals surface area contributed by atoms with Crippen molar-refractivity contribution >= 4 is 34.1 Å². The highest BCUT2D eigenvalue weighted by Gasteiger charge is 2.30. The number of alkyl halides is 3. The zero-order valence-corrected chi connectivity index (χ0v) is 11.9. The summed E-state index contributed by atoms with van der Waals surface area (Å²) >= 11 is 12.0. The smallest absolute Gasteiger partial charge is 0.353 e. The lowest BCUT2D eigenvalue weighted by molar-refractivity contribution is -0.137. The van der Waals surface area contributed by atoms with Crippen molar-refractivity contribution in [2.45, 2.75) is 6.18 Å². The van der Waals surface area contributed by atoms with Crippen LogP contribution in [0.1, 0.15) is 5.56 Å². The molecular formula is C15H8Cl2F3N. The summed E-state index contributed by atoms with van der Waals surface area (Å²) in [5.74, 6) is 0. The van der Waals surface area contributed by atoms with Gasteiger partial charge in [0.25, 0.3) is 0 Å². The molecule has 0 spiro atoms. The third kappa shape index (κ3) is 2.61. The average molecular weight is 330 g/mol. The molecular weight excluding hydrogens is 322 g/mol. The standard InChI is InChI=1S/C15H8Cl2F3N/c16-11-6-3-9-7-12(21-14(9)13(11)17)8-1-4-10(5-2-8)15(18,19)20/h1-7,21H. The molecule has 21 heavy (non-hydrogen) atoms. The molecule has 0 radical (unpaired) electrons. The molecule has 1 heterocycles. The number of fused-ring (bicyclic) bond motifs is 1. The molecule has 0 aliphatic rings. The molecule has 3 rings (SSSR count). The van der Waals surface area contributed by atoms with Crippen LogP contribution in [0.5, 0.6) is 0 Å². The maximum atomic E-state index is 12.5. The SMILES string of the molecule is FC(F)(F)c1ccc(-c2cc3ccc(Cl)c(Cl)c3[nH]2)cc1. The Hall–Kier alpha value is -1.65. The molecule has 2 aromatic carbocycles. The highest BCUT2D eigenvalue weighted by Crippen LogP contribution is 2.34. The molecule has 1 aromatic heterocycles. The first-order chi connectivity index (χ1) is 9.86. The number of halogens is 5. The van der Waals surface area contributed by atoms with E-state index in [-0.39, 0.29) is 0 Å². The van der Waals surface area contributed by atoms with Gasteiger partial charge in [-0.3, -0.25) is 0 Å². The van der Waals surface area contributed by atoms with Crippen molar-refractivity contribution in [3.8, 4) is 11.3 Å². The Balaban J connectivity index is 2.06. The second kappa shape index (κ2) is 4.97. The number of rotatable bonds is 1. The molecule has 3 aromatic rings. The molecule has 0 unspecified atom stereocenters. The van der Waals surface area contributed by atoms with Crippen LogP contribution in [0.2, 0.25) is 10.0 Å². The lowest BCUT2D eigenvalue weighted by Gasteiger charge is -2.06. The van der Waals surface area contributed by atoms with Crippen LogP contribution in [0.25, 0.3) is 22.2 Å². The Bertz CT molecular complexity index is 804. The van der Waals surface area contributed by atoms with E-state index in [0.29, 0.717) is 26.8 Å². The number of hydrogen-bond acceptors (Lipinski definition) is 0. The Morgan fingerprint density at radius 3 is 2.19 bits per heavy atom. The van der Waals surface area contributed by atoms with E-state index in [2.05, 4.69) is 4.98 Å². The summed E-state index contributed by atoms with van der Waals surface area (Å²) in [5.41, 5.74) is 1.32. The van der Waals surface area contributed by atoms with Crippen LogP contribution in [0, 0.1) is 0 Å². The number of aromatic amines is 1. The van der Waals surface area contributed by atoms with Crippen molar-refractivity contribution in [3.05, 3.63) is 58.1 Å². The van der Waals surface area contributed by atoms with Gasteiger partial charge in [-0.1, -0.05) is 41.4 Å². The van der Waals surface area contributed by atoms with Crippen molar-refractivity contribution < 1.29 is 13.2 Å². The molecule has 108 valence electrons. The van der Waals surface area contributed by atoms with Gasteiger partial charge in [-0.05, 0) is 29.8 Å². The summed E-state index contributed by atoms with van der Waals surface area (Å²) in [6.07, 6.45) is -4.34. The van der Waals surface area contributed by atoms with Gasteiger partial charge in [0.05, 0.1) is 21.1 Å². The topological polar surface area (TPSA) is 15.8 Å². The van der Waals surface area contributed by atoms with Crippen LogP contribution in [-0.4, -0.2) is 4.98 Å². The molecule has 1 N–H and O–H groups in total. The molecule has 0 amide bonds. The minimum atomic E-state index is -4.34. The predicted molar refractivity (Wildman–Crippen MR) is 78.8 cm³/mol. The van der Waals surface area contributed by atoms with Crippen LogP contribution >= 0.6 is 23.2 Å². The zero-order chi connectivity index (χ0) is 15.2. The van der Waals surface area contributed by atoms with Gasteiger partial charge in [-0.15, -0.1) is 0 Å². The first-order valence-corrected chi connectivity index (χ1v) is 6.76. The number of aromatic nitrogens is 1. The summed E-state index contributed by atoms with van der Waals surface area (Å²) < 4.78 is 37.6. The third-order valence-electron chi connectivity index (χ3n) is 3.21. The largest absolute Gasteiger partial charge is 0.416 e. The Morgan fingerprint density at radius 2 is 1.57 bits per heavy atom. The van der Waals surface area contributed by atoms with E-state index in [1.54, 1.807) is 12.1 Å². The van der Waals surface area contributed by atoms with Gasteiger partial charge in [0, 0.05) is 11.1 Å². The fourth-order valence-corrected chi connectivity index (χ4v) is 2.51. The van der Waals surface area contributed by atoms with Crippen LogP contribution in [0.15, 0.2) is 42.5 Å². The van der Waals surface area contributed by atoms with E-state index >= 15 is 0 Å². The highest BCUT2D eigenvalue weighted by molar-refractivity contribution is 6.45. The molecule has 0 fully saturated rings. The lowest BCUT2D eigenvalue weighted by Crippen LogP contribution is -2.03. The van der Waals surface area contributed by atoms with E-state index in [1.807, 2.05) is 6.07 Å². The van der Waals surface area contributed by atoms with Crippen molar-refractivity contribution in [2.24, 2.45) is 0 Å². The molecule has 0 saturated heterocycles. The van der Waals surface area contributed by atoms with Crippen LogP contribution in [0.4, 0.5) is 13.2 Å². The zero-order valence-electron chi connectivity index (χ0n) is 10.4. The fourth-order valence-electron chi connectivity index (χ4n) is 2.13. The van der Waals surface area contributed by atoms with Gasteiger partial charge in [0.2, 0.25) is 0 Å². The first-order valence-electron chi connectivity index (χ1n) is 6.00. The van der Waals surface area contributed by atoms with Gasteiger partial charge in [0.15, 0.2) is 0 Å². The molecule has 0 atom stereocenters. The Kier molecular flexibility index (Phi) is 3.38. The second-order valence-electron chi connectivity index (χ2n) is 4.58. The Morgan fingerprint density at radius 1 is 0.905 bits per heavy atom. The van der Waals surface area contributed by atoms with Crippen molar-refractivity contribution in [3.63, 3.8) is 0 Å². The summed E-state index contributed by atoms with van der Waals surface area (Å²) in [6, 6.07) is 10.2. The molecule has 6 heteroatoms. The fraction of sp³-hybridized carbons (Fsp3) is 0.0667. The average Bonchev–Trinajstić information content (AvgIpc) is 2.87. The van der Waals surface area contributed by atoms with Gasteiger partial charge >= 0.3 is 6.18 Å². The summed E-state index contributed by atoms with van der Waals surface area (Å²) in [6.45, 7) is 0. The van der Waals surface area contributed by atoms with E-state index in [1.165, 1.54) is 12.1 Å². The maximum Gasteiger partial charge on any atom is 0.416 e. The molecule has 1 nitrogen and oxygen atoms in total. The monoisotopic (exact) mass is 329 g/mol. The summed E-state index contributed by atoms with van der Waals surface area (Å²) in [5, 5.41) is 1.66. The lowest BCUT2D eigenvalue weighted by atomic mass is 10.1. The van der Waals surface area contributed by atoms with Crippen LogP contribution < -0.4 is 0 Å². The maximum absolute atomic E-state index is 12.5. The van der Waals surface area contributed by atoms with Gasteiger partial charge < -0.3 is 4.98 Å². The normalized spacial score (nSPS) is 12.0. The molecule has 0 bridgehead atoms. The van der Waals surface area contributed by atoms with E-state index in [9.17, 15) is 13.2 Å². The molecule has 0 aliphatic heterocycles. The number of benzene rings is 2. The van der Waals surface area contributed by atoms with Crippen molar-refractivity contribution in [1.82, 2.24) is 4.98 Å². The van der Waals surface area contributed by atoms with E-state index in [0.717, 1.165) is 17.5 Å². The number of hydrogen-bond donors (Lipinski definition) is 1. The minimum Gasteiger partial charge on any atom is -0.353 e. The number of nitrogens with one attached hydrogen (secondary N) is 1. The highest BCUT2D eigenvalue weighted by atomic mass is 35.5. The van der Waals surface area contributed by atoms with Crippen LogP contribution in [-0.2, 0) is 6.18 Å². The first kappa shape index (κ1) is 14.3. The number of H-pyrrole nitrogens is 1.